The molecule has 0 spiro atoms. The first kappa shape index (κ1) is 15.6. The van der Waals surface area contributed by atoms with Gasteiger partial charge in [-0.3, -0.25) is 4.79 Å². The molecule has 0 fully saturated rings. The van der Waals surface area contributed by atoms with Crippen molar-refractivity contribution >= 4 is 28.4 Å². The zero-order valence-corrected chi connectivity index (χ0v) is 13.4. The summed E-state index contributed by atoms with van der Waals surface area (Å²) >= 11 is 1.87. The van der Waals surface area contributed by atoms with Crippen molar-refractivity contribution in [1.29, 1.82) is 0 Å². The summed E-state index contributed by atoms with van der Waals surface area (Å²) in [5, 5.41) is 0. The fraction of sp³-hybridized carbons (Fsp3) is 0.176. The predicted molar refractivity (Wildman–Crippen MR) is 88.7 cm³/mol. The molecule has 0 aliphatic rings. The second-order valence-corrected chi connectivity index (χ2v) is 5.76. The number of hydrogen-bond acceptors (Lipinski definition) is 1. The number of Topliss-reactive ketones (excluding diaryl/α,β-unsaturated/α-hetero) is 1. The monoisotopic (exact) mass is 393 g/mol. The summed E-state index contributed by atoms with van der Waals surface area (Å²) in [6.07, 6.45) is 0.400. The Morgan fingerprint density at radius 1 is 1.19 bits per heavy atom. The lowest BCUT2D eigenvalue weighted by Crippen LogP contribution is -2.16. The van der Waals surface area contributed by atoms with Crippen LogP contribution in [0, 0.1) is 16.0 Å². The second-order valence-electron chi connectivity index (χ2n) is 4.60. The third kappa shape index (κ3) is 3.67. The largest absolute Gasteiger partial charge is 0.317 e. The van der Waals surface area contributed by atoms with Crippen molar-refractivity contribution in [2.75, 3.05) is 6.54 Å². The van der Waals surface area contributed by atoms with Crippen LogP contribution >= 0.6 is 22.6 Å². The summed E-state index contributed by atoms with van der Waals surface area (Å²) in [6, 6.07) is 14.1. The molecule has 0 radical (unpaired) electrons. The highest BCUT2D eigenvalue weighted by molar-refractivity contribution is 14.1. The van der Waals surface area contributed by atoms with E-state index in [1.807, 2.05) is 52.9 Å². The molecule has 0 aliphatic carbocycles. The quantitative estimate of drug-likeness (QED) is 0.410. The minimum absolute atomic E-state index is 0.0979. The molecular formula is C17H13FINO. The van der Waals surface area contributed by atoms with Crippen molar-refractivity contribution < 1.29 is 9.18 Å². The van der Waals surface area contributed by atoms with Crippen LogP contribution in [0.4, 0.5) is 4.39 Å². The SMILES string of the molecule is [C-]#[N+]CCC(C(=O)c1cccc(I)c1F)c1ccccc1. The van der Waals surface area contributed by atoms with E-state index in [1.165, 1.54) is 6.07 Å². The van der Waals surface area contributed by atoms with Crippen LogP contribution in [0.2, 0.25) is 0 Å². The fourth-order valence-electron chi connectivity index (χ4n) is 2.21. The van der Waals surface area contributed by atoms with E-state index in [9.17, 15) is 9.18 Å². The molecule has 0 aliphatic heterocycles. The van der Waals surface area contributed by atoms with E-state index < -0.39 is 11.7 Å². The van der Waals surface area contributed by atoms with Crippen LogP contribution < -0.4 is 0 Å². The molecule has 106 valence electrons. The van der Waals surface area contributed by atoms with Gasteiger partial charge in [-0.05, 0) is 40.3 Å². The molecule has 2 rings (SSSR count). The number of carbonyl (C=O) groups is 1. The van der Waals surface area contributed by atoms with Crippen molar-refractivity contribution in [3.8, 4) is 0 Å². The second kappa shape index (κ2) is 7.32. The van der Waals surface area contributed by atoms with Gasteiger partial charge in [-0.2, -0.15) is 0 Å². The van der Waals surface area contributed by atoms with Gasteiger partial charge in [0.15, 0.2) is 5.78 Å². The van der Waals surface area contributed by atoms with Crippen LogP contribution in [0.15, 0.2) is 48.5 Å². The van der Waals surface area contributed by atoms with Crippen LogP contribution in [-0.4, -0.2) is 12.3 Å². The summed E-state index contributed by atoms with van der Waals surface area (Å²) < 4.78 is 14.6. The molecule has 0 aromatic heterocycles. The zero-order chi connectivity index (χ0) is 15.2. The lowest BCUT2D eigenvalue weighted by molar-refractivity contribution is 0.0952. The first-order valence-corrected chi connectivity index (χ1v) is 7.59. The molecule has 4 heteroatoms. The average molecular weight is 393 g/mol. The molecule has 0 bridgehead atoms. The molecule has 21 heavy (non-hydrogen) atoms. The number of rotatable bonds is 5. The average Bonchev–Trinajstić information content (AvgIpc) is 2.51. The highest BCUT2D eigenvalue weighted by atomic mass is 127. The summed E-state index contributed by atoms with van der Waals surface area (Å²) in [5.41, 5.74) is 0.921. The van der Waals surface area contributed by atoms with Crippen molar-refractivity contribution in [3.05, 3.63) is 80.5 Å². The Morgan fingerprint density at radius 2 is 1.90 bits per heavy atom. The van der Waals surface area contributed by atoms with Crippen LogP contribution in [0.25, 0.3) is 4.85 Å². The maximum absolute atomic E-state index is 14.2. The summed E-state index contributed by atoms with van der Waals surface area (Å²) in [4.78, 5) is 16.0. The van der Waals surface area contributed by atoms with Gasteiger partial charge < -0.3 is 4.85 Å². The Kier molecular flexibility index (Phi) is 5.45. The lowest BCUT2D eigenvalue weighted by atomic mass is 9.88. The Labute approximate surface area is 137 Å². The Balaban J connectivity index is 2.39. The van der Waals surface area contributed by atoms with Gasteiger partial charge in [-0.25, -0.2) is 11.0 Å². The van der Waals surface area contributed by atoms with Crippen LogP contribution in [-0.2, 0) is 0 Å². The van der Waals surface area contributed by atoms with Crippen molar-refractivity contribution in [2.45, 2.75) is 12.3 Å². The van der Waals surface area contributed by atoms with Gasteiger partial charge in [0.1, 0.15) is 5.82 Å². The molecule has 2 aromatic carbocycles. The van der Waals surface area contributed by atoms with E-state index in [2.05, 4.69) is 4.85 Å². The van der Waals surface area contributed by atoms with E-state index >= 15 is 0 Å². The number of carbonyl (C=O) groups excluding carboxylic acids is 1. The van der Waals surface area contributed by atoms with Crippen molar-refractivity contribution in [3.63, 3.8) is 0 Å². The topological polar surface area (TPSA) is 21.4 Å². The lowest BCUT2D eigenvalue weighted by Gasteiger charge is -2.15. The molecule has 2 aromatic rings. The van der Waals surface area contributed by atoms with Gasteiger partial charge in [0.2, 0.25) is 6.54 Å². The molecule has 1 atom stereocenters. The number of ketones is 1. The fourth-order valence-corrected chi connectivity index (χ4v) is 2.71. The molecule has 0 amide bonds. The molecule has 0 heterocycles. The molecule has 1 unspecified atom stereocenters. The summed E-state index contributed by atoms with van der Waals surface area (Å²) in [6.45, 7) is 7.17. The predicted octanol–water partition coefficient (Wildman–Crippen LogP) is 4.71. The Hall–Kier alpha value is -1.74. The summed E-state index contributed by atoms with van der Waals surface area (Å²) in [7, 11) is 0. The molecule has 2 nitrogen and oxygen atoms in total. The van der Waals surface area contributed by atoms with Crippen LogP contribution in [0.3, 0.4) is 0 Å². The van der Waals surface area contributed by atoms with Crippen LogP contribution in [0.5, 0.6) is 0 Å². The van der Waals surface area contributed by atoms with E-state index in [-0.39, 0.29) is 17.9 Å². The minimum atomic E-state index is -0.480. The number of hydrogen-bond donors (Lipinski definition) is 0. The Morgan fingerprint density at radius 3 is 2.57 bits per heavy atom. The molecule has 0 N–H and O–H groups in total. The van der Waals surface area contributed by atoms with Crippen molar-refractivity contribution in [2.24, 2.45) is 0 Å². The van der Waals surface area contributed by atoms with E-state index in [4.69, 9.17) is 6.57 Å². The summed E-state index contributed by atoms with van der Waals surface area (Å²) in [5.74, 6) is -1.22. The zero-order valence-electron chi connectivity index (χ0n) is 11.2. The van der Waals surface area contributed by atoms with Gasteiger partial charge in [0, 0.05) is 9.99 Å². The van der Waals surface area contributed by atoms with Crippen LogP contribution in [0.1, 0.15) is 28.3 Å². The molecule has 0 saturated heterocycles. The maximum Gasteiger partial charge on any atom is 0.215 e. The first-order chi connectivity index (χ1) is 10.1. The first-order valence-electron chi connectivity index (χ1n) is 6.51. The standard InChI is InChI=1S/C17H13FINO/c1-20-11-10-13(12-6-3-2-4-7-12)17(21)14-8-5-9-15(19)16(14)18/h2-9,13H,10-11H2. The number of nitrogens with zero attached hydrogens (tertiary/aromatic N) is 1. The van der Waals surface area contributed by atoms with Gasteiger partial charge in [-0.15, -0.1) is 0 Å². The third-order valence-electron chi connectivity index (χ3n) is 3.27. The highest BCUT2D eigenvalue weighted by Crippen LogP contribution is 2.27. The molecule has 0 saturated carbocycles. The van der Waals surface area contributed by atoms with Gasteiger partial charge in [-0.1, -0.05) is 36.4 Å². The van der Waals surface area contributed by atoms with Gasteiger partial charge in [0.05, 0.1) is 11.5 Å². The smallest absolute Gasteiger partial charge is 0.215 e. The van der Waals surface area contributed by atoms with Crippen molar-refractivity contribution in [1.82, 2.24) is 0 Å². The van der Waals surface area contributed by atoms with Gasteiger partial charge in [0.25, 0.3) is 0 Å². The third-order valence-corrected chi connectivity index (χ3v) is 4.10. The van der Waals surface area contributed by atoms with E-state index in [0.29, 0.717) is 9.99 Å². The number of benzene rings is 2. The maximum atomic E-state index is 14.2. The molecular weight excluding hydrogens is 380 g/mol. The normalized spacial score (nSPS) is 11.7. The highest BCUT2D eigenvalue weighted by Gasteiger charge is 2.25. The minimum Gasteiger partial charge on any atom is -0.317 e. The van der Waals surface area contributed by atoms with Gasteiger partial charge >= 0.3 is 0 Å². The van der Waals surface area contributed by atoms with E-state index in [0.717, 1.165) is 5.56 Å². The number of halogens is 2. The van der Waals surface area contributed by atoms with E-state index in [1.54, 1.807) is 12.1 Å². The Bertz CT molecular complexity index is 679.